The van der Waals surface area contributed by atoms with E-state index < -0.39 is 11.2 Å². The van der Waals surface area contributed by atoms with Crippen LogP contribution >= 0.6 is 23.1 Å². The van der Waals surface area contributed by atoms with Gasteiger partial charge in [-0.2, -0.15) is 0 Å². The van der Waals surface area contributed by atoms with Crippen molar-refractivity contribution >= 4 is 39.3 Å². The summed E-state index contributed by atoms with van der Waals surface area (Å²) in [6.45, 7) is 1.83. The summed E-state index contributed by atoms with van der Waals surface area (Å²) in [6, 6.07) is 6.21. The smallest absolute Gasteiger partial charge is 0.317 e. The number of carboxylic acid groups (broad SMARTS) is 1. The summed E-state index contributed by atoms with van der Waals surface area (Å²) in [6.07, 6.45) is 1.95. The van der Waals surface area contributed by atoms with Gasteiger partial charge in [0.15, 0.2) is 0 Å². The average Bonchev–Trinajstić information content (AvgIpc) is 2.98. The number of rotatable bonds is 5. The molecule has 0 radical (unpaired) electrons. The lowest BCUT2D eigenvalue weighted by atomic mass is 10.1. The van der Waals surface area contributed by atoms with Crippen molar-refractivity contribution in [3.8, 4) is 11.1 Å². The van der Waals surface area contributed by atoms with E-state index in [0.717, 1.165) is 21.3 Å². The second kappa shape index (κ2) is 6.64. The highest BCUT2D eigenvalue weighted by atomic mass is 32.2. The fourth-order valence-electron chi connectivity index (χ4n) is 2.22. The first-order chi connectivity index (χ1) is 11.1. The van der Waals surface area contributed by atoms with Crippen LogP contribution in [0.3, 0.4) is 0 Å². The Morgan fingerprint density at radius 2 is 2.09 bits per heavy atom. The van der Waals surface area contributed by atoms with Crippen LogP contribution in [0.1, 0.15) is 13.3 Å². The third-order valence-corrected chi connectivity index (χ3v) is 5.63. The van der Waals surface area contributed by atoms with Crippen LogP contribution in [-0.2, 0) is 4.79 Å². The van der Waals surface area contributed by atoms with Crippen LogP contribution in [0, 0.1) is 5.82 Å². The Kier molecular flexibility index (Phi) is 4.58. The van der Waals surface area contributed by atoms with Crippen LogP contribution in [0.25, 0.3) is 21.3 Å². The van der Waals surface area contributed by atoms with E-state index in [1.165, 1.54) is 41.6 Å². The van der Waals surface area contributed by atoms with Crippen LogP contribution in [0.5, 0.6) is 0 Å². The number of aliphatic carboxylic acids is 1. The molecule has 23 heavy (non-hydrogen) atoms. The molecule has 3 rings (SSSR count). The van der Waals surface area contributed by atoms with Crippen LogP contribution in [0.2, 0.25) is 0 Å². The van der Waals surface area contributed by atoms with E-state index >= 15 is 0 Å². The first-order valence-corrected chi connectivity index (χ1v) is 8.73. The molecule has 4 nitrogen and oxygen atoms in total. The maximum absolute atomic E-state index is 13.1. The number of hydrogen-bond donors (Lipinski definition) is 1. The number of thiophene rings is 1. The Hall–Kier alpha value is -1.99. The first-order valence-electron chi connectivity index (χ1n) is 6.97. The molecular weight excluding hydrogens is 335 g/mol. The predicted molar refractivity (Wildman–Crippen MR) is 90.4 cm³/mol. The molecule has 0 fully saturated rings. The van der Waals surface area contributed by atoms with Crippen LogP contribution in [0.15, 0.2) is 41.0 Å². The number of fused-ring (bicyclic) bond motifs is 1. The second-order valence-corrected chi connectivity index (χ2v) is 6.92. The molecule has 1 aromatic carbocycles. The molecule has 0 aliphatic rings. The average molecular weight is 348 g/mol. The Bertz CT molecular complexity index is 849. The molecule has 2 aromatic heterocycles. The summed E-state index contributed by atoms with van der Waals surface area (Å²) >= 11 is 2.69. The summed E-state index contributed by atoms with van der Waals surface area (Å²) in [5.74, 6) is -1.15. The highest BCUT2D eigenvalue weighted by Crippen LogP contribution is 2.39. The fraction of sp³-hybridized carbons (Fsp3) is 0.188. The van der Waals surface area contributed by atoms with Gasteiger partial charge in [-0.1, -0.05) is 30.8 Å². The van der Waals surface area contributed by atoms with E-state index in [1.54, 1.807) is 12.1 Å². The van der Waals surface area contributed by atoms with Crippen molar-refractivity contribution in [1.82, 2.24) is 9.97 Å². The zero-order valence-corrected chi connectivity index (χ0v) is 13.8. The van der Waals surface area contributed by atoms with Gasteiger partial charge in [0, 0.05) is 10.9 Å². The Labute approximate surface area is 140 Å². The Morgan fingerprint density at radius 1 is 1.35 bits per heavy atom. The molecule has 0 aliphatic carbocycles. The van der Waals surface area contributed by atoms with Crippen molar-refractivity contribution in [1.29, 1.82) is 0 Å². The van der Waals surface area contributed by atoms with E-state index in [-0.39, 0.29) is 5.82 Å². The number of carbonyl (C=O) groups is 1. The molecule has 0 saturated carbocycles. The number of benzene rings is 1. The molecule has 1 N–H and O–H groups in total. The third-order valence-electron chi connectivity index (χ3n) is 3.39. The van der Waals surface area contributed by atoms with Gasteiger partial charge in [0.2, 0.25) is 0 Å². The van der Waals surface area contributed by atoms with Gasteiger partial charge in [-0.3, -0.25) is 4.79 Å². The van der Waals surface area contributed by atoms with E-state index in [2.05, 4.69) is 9.97 Å². The molecule has 0 aliphatic heterocycles. The van der Waals surface area contributed by atoms with Crippen molar-refractivity contribution < 1.29 is 14.3 Å². The van der Waals surface area contributed by atoms with Crippen LogP contribution < -0.4 is 0 Å². The standard InChI is InChI=1S/C16H13FN2O2S2/c1-2-12(16(20)21)23-15-13-11(7-22-14(13)18-8-19-15)9-3-5-10(17)6-4-9/h3-8,12H,2H2,1H3,(H,20,21)/t12-/m1/s1. The molecule has 3 aromatic rings. The van der Waals surface area contributed by atoms with Crippen molar-refractivity contribution in [3.63, 3.8) is 0 Å². The maximum Gasteiger partial charge on any atom is 0.317 e. The number of halogens is 1. The summed E-state index contributed by atoms with van der Waals surface area (Å²) < 4.78 is 13.1. The van der Waals surface area contributed by atoms with Crippen LogP contribution in [0.4, 0.5) is 4.39 Å². The normalized spacial score (nSPS) is 12.4. The molecule has 7 heteroatoms. The molecule has 1 atom stereocenters. The maximum atomic E-state index is 13.1. The topological polar surface area (TPSA) is 63.1 Å². The number of thioether (sulfide) groups is 1. The van der Waals surface area contributed by atoms with Crippen molar-refractivity contribution in [3.05, 3.63) is 41.8 Å². The summed E-state index contributed by atoms with van der Waals surface area (Å²) in [5.41, 5.74) is 1.76. The lowest BCUT2D eigenvalue weighted by molar-refractivity contribution is -0.136. The molecule has 0 saturated heterocycles. The van der Waals surface area contributed by atoms with Gasteiger partial charge in [0.05, 0.1) is 5.39 Å². The quantitative estimate of drug-likeness (QED) is 0.545. The van der Waals surface area contributed by atoms with Gasteiger partial charge in [0.25, 0.3) is 0 Å². The number of aromatic nitrogens is 2. The van der Waals surface area contributed by atoms with Gasteiger partial charge in [0.1, 0.15) is 27.3 Å². The minimum atomic E-state index is -0.858. The van der Waals surface area contributed by atoms with E-state index in [9.17, 15) is 14.3 Å². The van der Waals surface area contributed by atoms with E-state index in [4.69, 9.17) is 0 Å². The van der Waals surface area contributed by atoms with Crippen molar-refractivity contribution in [2.24, 2.45) is 0 Å². The lowest BCUT2D eigenvalue weighted by Crippen LogP contribution is -2.15. The van der Waals surface area contributed by atoms with Gasteiger partial charge >= 0.3 is 5.97 Å². The van der Waals surface area contributed by atoms with Gasteiger partial charge in [-0.05, 0) is 24.1 Å². The Morgan fingerprint density at radius 3 is 2.74 bits per heavy atom. The van der Waals surface area contributed by atoms with E-state index in [1.807, 2.05) is 12.3 Å². The largest absolute Gasteiger partial charge is 0.480 e. The van der Waals surface area contributed by atoms with Gasteiger partial charge in [-0.15, -0.1) is 11.3 Å². The number of carboxylic acids is 1. The molecule has 0 unspecified atom stereocenters. The van der Waals surface area contributed by atoms with Crippen LogP contribution in [-0.4, -0.2) is 26.3 Å². The van der Waals surface area contributed by atoms with Crippen molar-refractivity contribution in [2.45, 2.75) is 23.6 Å². The highest BCUT2D eigenvalue weighted by molar-refractivity contribution is 8.00. The van der Waals surface area contributed by atoms with Gasteiger partial charge in [-0.25, -0.2) is 14.4 Å². The van der Waals surface area contributed by atoms with Crippen molar-refractivity contribution in [2.75, 3.05) is 0 Å². The predicted octanol–water partition coefficient (Wildman–Crippen LogP) is 4.45. The third kappa shape index (κ3) is 3.20. The molecule has 118 valence electrons. The molecule has 2 heterocycles. The second-order valence-electron chi connectivity index (χ2n) is 4.87. The summed E-state index contributed by atoms with van der Waals surface area (Å²) in [5, 5.41) is 12.1. The molecule has 0 amide bonds. The molecular formula is C16H13FN2O2S2. The monoisotopic (exact) mass is 348 g/mol. The minimum Gasteiger partial charge on any atom is -0.480 e. The summed E-state index contributed by atoms with van der Waals surface area (Å²) in [7, 11) is 0. The molecule has 0 bridgehead atoms. The summed E-state index contributed by atoms with van der Waals surface area (Å²) in [4.78, 5) is 20.6. The lowest BCUT2D eigenvalue weighted by Gasteiger charge is -2.10. The first kappa shape index (κ1) is 15.9. The number of hydrogen-bond acceptors (Lipinski definition) is 5. The fourth-order valence-corrected chi connectivity index (χ4v) is 4.17. The zero-order valence-electron chi connectivity index (χ0n) is 12.2. The Balaban J connectivity index is 2.10. The zero-order chi connectivity index (χ0) is 16.4. The van der Waals surface area contributed by atoms with E-state index in [0.29, 0.717) is 11.4 Å². The minimum absolute atomic E-state index is 0.295. The molecule has 0 spiro atoms. The number of nitrogens with zero attached hydrogens (tertiary/aromatic N) is 2. The highest BCUT2D eigenvalue weighted by Gasteiger charge is 2.21. The van der Waals surface area contributed by atoms with Gasteiger partial charge < -0.3 is 5.11 Å². The SMILES string of the molecule is CC[C@@H](Sc1ncnc2scc(-c3ccc(F)cc3)c12)C(=O)O.